The number of anilines is 1. The predicted octanol–water partition coefficient (Wildman–Crippen LogP) is 5.23. The number of hydrogen-bond acceptors (Lipinski definition) is 2. The van der Waals surface area contributed by atoms with Gasteiger partial charge >= 0.3 is 0 Å². The first-order valence-electron chi connectivity index (χ1n) is 8.46. The summed E-state index contributed by atoms with van der Waals surface area (Å²) in [6, 6.07) is 21.0. The summed E-state index contributed by atoms with van der Waals surface area (Å²) >= 11 is 0. The molecular weight excluding hydrogens is 343 g/mol. The molecule has 1 amide bonds. The summed E-state index contributed by atoms with van der Waals surface area (Å²) in [5.41, 5.74) is 3.93. The number of aromatic nitrogens is 1. The van der Waals surface area contributed by atoms with E-state index in [2.05, 4.69) is 10.3 Å². The van der Waals surface area contributed by atoms with Crippen molar-refractivity contribution in [3.05, 3.63) is 84.2 Å². The molecule has 0 bridgehead atoms. The van der Waals surface area contributed by atoms with E-state index in [0.717, 1.165) is 22.2 Å². The summed E-state index contributed by atoms with van der Waals surface area (Å²) in [4.78, 5) is 15.6. The Labute approximate surface area is 155 Å². The number of carbonyl (C=O) groups excluding carboxylic acids is 1. The SMILES string of the molecule is COc1cccc(C(=O)Nc2ccc(-c3cc4cc(F)ccc4[nH]3)cc2)c1. The third-order valence-electron chi connectivity index (χ3n) is 4.37. The van der Waals surface area contributed by atoms with Crippen LogP contribution in [0, 0.1) is 5.82 Å². The van der Waals surface area contributed by atoms with E-state index in [1.54, 1.807) is 37.4 Å². The largest absolute Gasteiger partial charge is 0.497 e. The summed E-state index contributed by atoms with van der Waals surface area (Å²) < 4.78 is 18.5. The lowest BCUT2D eigenvalue weighted by atomic mass is 10.1. The van der Waals surface area contributed by atoms with Gasteiger partial charge in [0.1, 0.15) is 11.6 Å². The van der Waals surface area contributed by atoms with E-state index in [4.69, 9.17) is 4.74 Å². The zero-order valence-electron chi connectivity index (χ0n) is 14.6. The van der Waals surface area contributed by atoms with Gasteiger partial charge in [-0.3, -0.25) is 4.79 Å². The number of nitrogens with one attached hydrogen (secondary N) is 2. The third-order valence-corrected chi connectivity index (χ3v) is 4.37. The molecule has 0 aliphatic heterocycles. The second-order valence-electron chi connectivity index (χ2n) is 6.18. The van der Waals surface area contributed by atoms with Gasteiger partial charge in [-0.05, 0) is 60.2 Å². The van der Waals surface area contributed by atoms with Crippen LogP contribution in [-0.4, -0.2) is 18.0 Å². The molecule has 0 saturated heterocycles. The van der Waals surface area contributed by atoms with Crippen molar-refractivity contribution in [2.75, 3.05) is 12.4 Å². The number of halogens is 1. The van der Waals surface area contributed by atoms with Crippen molar-refractivity contribution in [2.45, 2.75) is 0 Å². The molecule has 134 valence electrons. The molecule has 0 fully saturated rings. The first kappa shape index (κ1) is 16.8. The molecular formula is C22H17FN2O2. The van der Waals surface area contributed by atoms with E-state index < -0.39 is 0 Å². The Bertz CT molecular complexity index is 1120. The molecule has 0 aliphatic rings. The van der Waals surface area contributed by atoms with Gasteiger partial charge in [0.05, 0.1) is 7.11 Å². The molecule has 0 spiro atoms. The smallest absolute Gasteiger partial charge is 0.255 e. The molecule has 1 heterocycles. The normalized spacial score (nSPS) is 10.7. The van der Waals surface area contributed by atoms with Crippen molar-refractivity contribution in [2.24, 2.45) is 0 Å². The Balaban J connectivity index is 1.53. The molecule has 4 nitrogen and oxygen atoms in total. The Morgan fingerprint density at radius 1 is 1.00 bits per heavy atom. The highest BCUT2D eigenvalue weighted by atomic mass is 19.1. The molecule has 0 radical (unpaired) electrons. The highest BCUT2D eigenvalue weighted by Gasteiger charge is 2.08. The van der Waals surface area contributed by atoms with Gasteiger partial charge in [0.15, 0.2) is 0 Å². The molecule has 0 aliphatic carbocycles. The van der Waals surface area contributed by atoms with E-state index in [9.17, 15) is 9.18 Å². The predicted molar refractivity (Wildman–Crippen MR) is 105 cm³/mol. The quantitative estimate of drug-likeness (QED) is 0.523. The lowest BCUT2D eigenvalue weighted by Gasteiger charge is -2.07. The van der Waals surface area contributed by atoms with Gasteiger partial charge in [0.2, 0.25) is 0 Å². The topological polar surface area (TPSA) is 54.1 Å². The van der Waals surface area contributed by atoms with Gasteiger partial charge in [-0.15, -0.1) is 0 Å². The first-order valence-corrected chi connectivity index (χ1v) is 8.46. The van der Waals surface area contributed by atoms with Crippen molar-refractivity contribution >= 4 is 22.5 Å². The van der Waals surface area contributed by atoms with Crippen LogP contribution in [0.2, 0.25) is 0 Å². The summed E-state index contributed by atoms with van der Waals surface area (Å²) in [5.74, 6) is 0.166. The molecule has 0 atom stereocenters. The van der Waals surface area contributed by atoms with Crippen LogP contribution in [0.25, 0.3) is 22.2 Å². The van der Waals surface area contributed by atoms with Crippen LogP contribution < -0.4 is 10.1 Å². The zero-order valence-corrected chi connectivity index (χ0v) is 14.6. The van der Waals surface area contributed by atoms with Crippen LogP contribution in [0.15, 0.2) is 72.8 Å². The number of ether oxygens (including phenoxy) is 1. The van der Waals surface area contributed by atoms with E-state index in [0.29, 0.717) is 17.0 Å². The van der Waals surface area contributed by atoms with Gasteiger partial charge in [-0.2, -0.15) is 0 Å². The lowest BCUT2D eigenvalue weighted by molar-refractivity contribution is 0.102. The van der Waals surface area contributed by atoms with Crippen molar-refractivity contribution in [1.82, 2.24) is 4.98 Å². The fraction of sp³-hybridized carbons (Fsp3) is 0.0455. The Hall–Kier alpha value is -3.60. The van der Waals surface area contributed by atoms with Gasteiger partial charge in [0.25, 0.3) is 5.91 Å². The Kier molecular flexibility index (Phi) is 4.34. The number of aromatic amines is 1. The van der Waals surface area contributed by atoms with Gasteiger partial charge in [0, 0.05) is 27.8 Å². The molecule has 27 heavy (non-hydrogen) atoms. The van der Waals surface area contributed by atoms with Crippen molar-refractivity contribution < 1.29 is 13.9 Å². The number of fused-ring (bicyclic) bond motifs is 1. The monoisotopic (exact) mass is 360 g/mol. The number of H-pyrrole nitrogens is 1. The Morgan fingerprint density at radius 3 is 2.59 bits per heavy atom. The van der Waals surface area contributed by atoms with Crippen LogP contribution >= 0.6 is 0 Å². The van der Waals surface area contributed by atoms with Gasteiger partial charge in [-0.1, -0.05) is 18.2 Å². The molecule has 0 saturated carbocycles. The molecule has 3 aromatic carbocycles. The molecule has 1 aromatic heterocycles. The van der Waals surface area contributed by atoms with Crippen molar-refractivity contribution in [1.29, 1.82) is 0 Å². The van der Waals surface area contributed by atoms with Crippen LogP contribution in [0.1, 0.15) is 10.4 Å². The van der Waals surface area contributed by atoms with Crippen molar-refractivity contribution in [3.63, 3.8) is 0 Å². The summed E-state index contributed by atoms with van der Waals surface area (Å²) in [6.45, 7) is 0. The van der Waals surface area contributed by atoms with E-state index in [-0.39, 0.29) is 11.7 Å². The average Bonchev–Trinajstić information content (AvgIpc) is 3.11. The third kappa shape index (κ3) is 3.53. The summed E-state index contributed by atoms with van der Waals surface area (Å²) in [5, 5.41) is 3.69. The second-order valence-corrected chi connectivity index (χ2v) is 6.18. The number of methoxy groups -OCH3 is 1. The van der Waals surface area contributed by atoms with Crippen LogP contribution in [0.5, 0.6) is 5.75 Å². The fourth-order valence-electron chi connectivity index (χ4n) is 2.96. The van der Waals surface area contributed by atoms with Crippen LogP contribution in [0.3, 0.4) is 0 Å². The lowest BCUT2D eigenvalue weighted by Crippen LogP contribution is -2.11. The number of rotatable bonds is 4. The second kappa shape index (κ2) is 6.96. The van der Waals surface area contributed by atoms with Crippen molar-refractivity contribution in [3.8, 4) is 17.0 Å². The van der Waals surface area contributed by atoms with E-state index in [1.165, 1.54) is 12.1 Å². The van der Waals surface area contributed by atoms with Gasteiger partial charge in [-0.25, -0.2) is 4.39 Å². The molecule has 4 aromatic rings. The zero-order chi connectivity index (χ0) is 18.8. The highest BCUT2D eigenvalue weighted by molar-refractivity contribution is 6.04. The maximum absolute atomic E-state index is 13.3. The number of hydrogen-bond donors (Lipinski definition) is 2. The van der Waals surface area contributed by atoms with E-state index >= 15 is 0 Å². The fourth-order valence-corrected chi connectivity index (χ4v) is 2.96. The average molecular weight is 360 g/mol. The highest BCUT2D eigenvalue weighted by Crippen LogP contribution is 2.26. The first-order chi connectivity index (χ1) is 13.1. The minimum atomic E-state index is -0.261. The van der Waals surface area contributed by atoms with E-state index in [1.807, 2.05) is 30.3 Å². The standard InChI is InChI=1S/C22H17FN2O2/c1-27-19-4-2-3-15(12-19)22(26)24-18-8-5-14(6-9-18)21-13-16-11-17(23)7-10-20(16)25-21/h2-13,25H,1H3,(H,24,26). The molecule has 0 unspecified atom stereocenters. The summed E-state index contributed by atoms with van der Waals surface area (Å²) in [6.07, 6.45) is 0. The summed E-state index contributed by atoms with van der Waals surface area (Å²) in [7, 11) is 1.56. The Morgan fingerprint density at radius 2 is 1.81 bits per heavy atom. The van der Waals surface area contributed by atoms with Gasteiger partial charge < -0.3 is 15.0 Å². The number of amides is 1. The minimum absolute atomic E-state index is 0.206. The van der Waals surface area contributed by atoms with Crippen LogP contribution in [0.4, 0.5) is 10.1 Å². The maximum atomic E-state index is 13.3. The number of benzene rings is 3. The molecule has 4 rings (SSSR count). The van der Waals surface area contributed by atoms with Crippen LogP contribution in [-0.2, 0) is 0 Å². The molecule has 5 heteroatoms. The maximum Gasteiger partial charge on any atom is 0.255 e. The number of carbonyl (C=O) groups is 1. The minimum Gasteiger partial charge on any atom is -0.497 e. The molecule has 2 N–H and O–H groups in total.